The number of piperazine rings is 2. The maximum atomic E-state index is 12.2. The molecule has 1 N–H and O–H groups in total. The van der Waals surface area contributed by atoms with Gasteiger partial charge in [-0.2, -0.15) is 0 Å². The summed E-state index contributed by atoms with van der Waals surface area (Å²) in [6.07, 6.45) is 3.75. The summed E-state index contributed by atoms with van der Waals surface area (Å²) in [7, 11) is 0. The summed E-state index contributed by atoms with van der Waals surface area (Å²) in [5.41, 5.74) is 0. The first-order chi connectivity index (χ1) is 9.24. The molecule has 2 fully saturated rings. The number of hydrogen-bond donors (Lipinski definition) is 1. The van der Waals surface area contributed by atoms with Gasteiger partial charge in [-0.25, -0.2) is 0 Å². The van der Waals surface area contributed by atoms with E-state index in [-0.39, 0.29) is 17.9 Å². The quantitative estimate of drug-likeness (QED) is 0.754. The van der Waals surface area contributed by atoms with Crippen molar-refractivity contribution in [3.63, 3.8) is 0 Å². The van der Waals surface area contributed by atoms with Crippen LogP contribution in [-0.4, -0.2) is 64.9 Å². The van der Waals surface area contributed by atoms with Crippen LogP contribution in [0.3, 0.4) is 0 Å². The van der Waals surface area contributed by atoms with E-state index < -0.39 is 0 Å². The fourth-order valence-corrected chi connectivity index (χ4v) is 2.74. The van der Waals surface area contributed by atoms with E-state index in [1.54, 1.807) is 4.90 Å². The third-order valence-corrected chi connectivity index (χ3v) is 3.83. The van der Waals surface area contributed by atoms with E-state index in [1.165, 1.54) is 0 Å². The summed E-state index contributed by atoms with van der Waals surface area (Å²) in [4.78, 5) is 28.0. The van der Waals surface area contributed by atoms with Crippen LogP contribution >= 0.6 is 0 Å². The molecule has 19 heavy (non-hydrogen) atoms. The smallest absolute Gasteiger partial charge is 0.242 e. The molecule has 2 saturated heterocycles. The summed E-state index contributed by atoms with van der Waals surface area (Å²) < 4.78 is 1.86. The summed E-state index contributed by atoms with van der Waals surface area (Å²) in [5.74, 6) is 0.124. The second kappa shape index (κ2) is 5.05. The van der Waals surface area contributed by atoms with Crippen LogP contribution in [0.25, 0.3) is 0 Å². The predicted molar refractivity (Wildman–Crippen MR) is 69.4 cm³/mol. The number of carbonyl (C=O) groups excluding carboxylic acids is 2. The Morgan fingerprint density at radius 3 is 2.84 bits per heavy atom. The van der Waals surface area contributed by atoms with Gasteiger partial charge in [0, 0.05) is 45.1 Å². The van der Waals surface area contributed by atoms with Crippen molar-refractivity contribution in [3.05, 3.63) is 24.5 Å². The molecule has 0 bridgehead atoms. The van der Waals surface area contributed by atoms with E-state index in [1.807, 2.05) is 29.1 Å². The maximum Gasteiger partial charge on any atom is 0.242 e. The van der Waals surface area contributed by atoms with E-state index in [0.717, 1.165) is 13.1 Å². The molecule has 0 spiro atoms. The third kappa shape index (κ3) is 2.49. The predicted octanol–water partition coefficient (Wildman–Crippen LogP) is -0.869. The second-order valence-electron chi connectivity index (χ2n) is 5.04. The van der Waals surface area contributed by atoms with Gasteiger partial charge in [-0.3, -0.25) is 14.5 Å². The van der Waals surface area contributed by atoms with Gasteiger partial charge in [0.1, 0.15) is 12.6 Å². The van der Waals surface area contributed by atoms with Crippen LogP contribution in [0.4, 0.5) is 0 Å². The molecule has 1 atom stereocenters. The molecule has 102 valence electrons. The van der Waals surface area contributed by atoms with Crippen molar-refractivity contribution in [2.75, 3.05) is 32.7 Å². The molecule has 0 aromatic carbocycles. The number of fused-ring (bicyclic) bond motifs is 1. The lowest BCUT2D eigenvalue weighted by molar-refractivity contribution is -0.140. The van der Waals surface area contributed by atoms with E-state index in [0.29, 0.717) is 26.2 Å². The van der Waals surface area contributed by atoms with Gasteiger partial charge in [0.2, 0.25) is 11.8 Å². The highest BCUT2D eigenvalue weighted by molar-refractivity contribution is 5.84. The summed E-state index contributed by atoms with van der Waals surface area (Å²) >= 11 is 0. The molecule has 6 nitrogen and oxygen atoms in total. The van der Waals surface area contributed by atoms with Crippen LogP contribution in [0, 0.1) is 0 Å². The summed E-state index contributed by atoms with van der Waals surface area (Å²) in [6.45, 7) is 3.95. The fourth-order valence-electron chi connectivity index (χ4n) is 2.74. The number of hydrogen-bond acceptors (Lipinski definition) is 3. The SMILES string of the molecule is O=C1NCCN2CCN(C(=O)Cn3cccc3)C[C@@H]12. The largest absolute Gasteiger partial charge is 0.353 e. The average molecular weight is 262 g/mol. The zero-order valence-corrected chi connectivity index (χ0v) is 10.8. The van der Waals surface area contributed by atoms with Crippen molar-refractivity contribution in [2.45, 2.75) is 12.6 Å². The van der Waals surface area contributed by atoms with Crippen molar-refractivity contribution in [3.8, 4) is 0 Å². The first-order valence-electron chi connectivity index (χ1n) is 6.64. The van der Waals surface area contributed by atoms with Crippen LogP contribution < -0.4 is 5.32 Å². The van der Waals surface area contributed by atoms with E-state index in [4.69, 9.17) is 0 Å². The second-order valence-corrected chi connectivity index (χ2v) is 5.04. The first-order valence-corrected chi connectivity index (χ1v) is 6.64. The standard InChI is InChI=1S/C13H18N4O2/c18-12(10-15-4-1-2-5-15)17-8-7-16-6-3-14-13(19)11(16)9-17/h1-2,4-5,11H,3,6-10H2,(H,14,19)/t11-/m0/s1. The number of nitrogens with one attached hydrogen (secondary N) is 1. The van der Waals surface area contributed by atoms with Crippen LogP contribution in [0.15, 0.2) is 24.5 Å². The average Bonchev–Trinajstić information content (AvgIpc) is 2.92. The minimum atomic E-state index is -0.170. The molecule has 1 aromatic rings. The molecule has 0 unspecified atom stereocenters. The number of rotatable bonds is 2. The normalized spacial score (nSPS) is 23.9. The highest BCUT2D eigenvalue weighted by Gasteiger charge is 2.36. The molecule has 3 rings (SSSR count). The van der Waals surface area contributed by atoms with Gasteiger partial charge in [-0.1, -0.05) is 0 Å². The number of aromatic nitrogens is 1. The van der Waals surface area contributed by atoms with Gasteiger partial charge >= 0.3 is 0 Å². The van der Waals surface area contributed by atoms with Crippen LogP contribution in [-0.2, 0) is 16.1 Å². The number of nitrogens with zero attached hydrogens (tertiary/aromatic N) is 3. The molecule has 1 aromatic heterocycles. The van der Waals surface area contributed by atoms with Crippen molar-refractivity contribution < 1.29 is 9.59 Å². The molecule has 2 aliphatic rings. The summed E-state index contributed by atoms with van der Waals surface area (Å²) in [5, 5.41) is 2.86. The van der Waals surface area contributed by atoms with Crippen molar-refractivity contribution in [2.24, 2.45) is 0 Å². The Morgan fingerprint density at radius 1 is 1.26 bits per heavy atom. The molecule has 6 heteroatoms. The van der Waals surface area contributed by atoms with Crippen LogP contribution in [0.1, 0.15) is 0 Å². The Morgan fingerprint density at radius 2 is 2.05 bits per heavy atom. The number of carbonyl (C=O) groups is 2. The zero-order valence-electron chi connectivity index (χ0n) is 10.8. The van der Waals surface area contributed by atoms with E-state index in [2.05, 4.69) is 10.2 Å². The molecular weight excluding hydrogens is 244 g/mol. The highest BCUT2D eigenvalue weighted by atomic mass is 16.2. The Kier molecular flexibility index (Phi) is 3.25. The van der Waals surface area contributed by atoms with E-state index in [9.17, 15) is 9.59 Å². The lowest BCUT2D eigenvalue weighted by atomic mass is 10.1. The van der Waals surface area contributed by atoms with Crippen LogP contribution in [0.2, 0.25) is 0 Å². The molecule has 0 saturated carbocycles. The van der Waals surface area contributed by atoms with Gasteiger partial charge in [-0.15, -0.1) is 0 Å². The highest BCUT2D eigenvalue weighted by Crippen LogP contribution is 2.13. The van der Waals surface area contributed by atoms with Gasteiger partial charge in [0.05, 0.1) is 0 Å². The lowest BCUT2D eigenvalue weighted by Gasteiger charge is -2.43. The number of amides is 2. The monoisotopic (exact) mass is 262 g/mol. The van der Waals surface area contributed by atoms with Gasteiger partial charge in [-0.05, 0) is 12.1 Å². The molecule has 0 aliphatic carbocycles. The van der Waals surface area contributed by atoms with Crippen molar-refractivity contribution in [1.82, 2.24) is 19.7 Å². The minimum Gasteiger partial charge on any atom is -0.353 e. The van der Waals surface area contributed by atoms with Gasteiger partial charge in [0.25, 0.3) is 0 Å². The van der Waals surface area contributed by atoms with Crippen molar-refractivity contribution in [1.29, 1.82) is 0 Å². The molecule has 3 heterocycles. The van der Waals surface area contributed by atoms with Gasteiger partial charge in [0.15, 0.2) is 0 Å². The Hall–Kier alpha value is -1.82. The Labute approximate surface area is 112 Å². The third-order valence-electron chi connectivity index (χ3n) is 3.83. The maximum absolute atomic E-state index is 12.2. The molecule has 0 radical (unpaired) electrons. The first kappa shape index (κ1) is 12.2. The Balaban J connectivity index is 1.63. The van der Waals surface area contributed by atoms with E-state index >= 15 is 0 Å². The zero-order chi connectivity index (χ0) is 13.2. The fraction of sp³-hybridized carbons (Fsp3) is 0.538. The van der Waals surface area contributed by atoms with Gasteiger partial charge < -0.3 is 14.8 Å². The Bertz CT molecular complexity index is 471. The summed E-state index contributed by atoms with van der Waals surface area (Å²) in [6, 6.07) is 3.63. The topological polar surface area (TPSA) is 57.6 Å². The van der Waals surface area contributed by atoms with Crippen molar-refractivity contribution >= 4 is 11.8 Å². The molecule has 2 amide bonds. The molecule has 2 aliphatic heterocycles. The minimum absolute atomic E-state index is 0.0460. The van der Waals surface area contributed by atoms with Crippen LogP contribution in [0.5, 0.6) is 0 Å². The lowest BCUT2D eigenvalue weighted by Crippen LogP contribution is -2.64. The molecular formula is C13H18N4O2.